The predicted molar refractivity (Wildman–Crippen MR) is 59.4 cm³/mol. The van der Waals surface area contributed by atoms with E-state index in [9.17, 15) is 4.79 Å². The molecular weight excluding hydrogens is 192 g/mol. The van der Waals surface area contributed by atoms with E-state index in [1.165, 1.54) is 0 Å². The van der Waals surface area contributed by atoms with E-state index in [2.05, 4.69) is 12.2 Å². The minimum Gasteiger partial charge on any atom is -0.380 e. The minimum atomic E-state index is 0.0677. The molecule has 1 rings (SSSR count). The first-order valence-corrected chi connectivity index (χ1v) is 5.63. The maximum atomic E-state index is 11.6. The van der Waals surface area contributed by atoms with Gasteiger partial charge in [0.25, 0.3) is 0 Å². The molecule has 1 saturated heterocycles. The zero-order chi connectivity index (χ0) is 11.3. The molecule has 0 bridgehead atoms. The maximum Gasteiger partial charge on any atom is 0.222 e. The van der Waals surface area contributed by atoms with Crippen molar-refractivity contribution in [1.29, 1.82) is 0 Å². The van der Waals surface area contributed by atoms with Crippen molar-refractivity contribution >= 4 is 5.91 Å². The molecule has 0 radical (unpaired) electrons. The van der Waals surface area contributed by atoms with Crippen molar-refractivity contribution in [1.82, 2.24) is 5.32 Å². The Bertz CT molecular complexity index is 215. The van der Waals surface area contributed by atoms with Gasteiger partial charge in [0.1, 0.15) is 0 Å². The second-order valence-electron chi connectivity index (χ2n) is 4.85. The zero-order valence-corrected chi connectivity index (χ0v) is 9.71. The standard InChI is InChI=1S/C11H22N2O2/c1-9(4-3-5-12)10(14)13-6-11(2)7-15-8-11/h9H,3-8,12H2,1-2H3,(H,13,14). The van der Waals surface area contributed by atoms with Crippen LogP contribution in [0.5, 0.6) is 0 Å². The summed E-state index contributed by atoms with van der Waals surface area (Å²) in [6.07, 6.45) is 1.78. The number of carbonyl (C=O) groups excluding carboxylic acids is 1. The Morgan fingerprint density at radius 2 is 2.27 bits per heavy atom. The number of carbonyl (C=O) groups is 1. The molecule has 1 aliphatic rings. The van der Waals surface area contributed by atoms with Gasteiger partial charge in [0.15, 0.2) is 0 Å². The fourth-order valence-electron chi connectivity index (χ4n) is 1.58. The molecule has 0 aromatic rings. The van der Waals surface area contributed by atoms with Gasteiger partial charge in [-0.05, 0) is 19.4 Å². The Labute approximate surface area is 91.5 Å². The van der Waals surface area contributed by atoms with E-state index >= 15 is 0 Å². The van der Waals surface area contributed by atoms with Gasteiger partial charge in [-0.1, -0.05) is 13.8 Å². The highest BCUT2D eigenvalue weighted by Gasteiger charge is 2.33. The molecule has 88 valence electrons. The van der Waals surface area contributed by atoms with Crippen LogP contribution >= 0.6 is 0 Å². The Hall–Kier alpha value is -0.610. The second-order valence-corrected chi connectivity index (χ2v) is 4.85. The van der Waals surface area contributed by atoms with Crippen LogP contribution in [0.4, 0.5) is 0 Å². The average molecular weight is 214 g/mol. The molecule has 0 saturated carbocycles. The van der Waals surface area contributed by atoms with Crippen LogP contribution in [0.25, 0.3) is 0 Å². The van der Waals surface area contributed by atoms with Crippen molar-refractivity contribution in [3.63, 3.8) is 0 Å². The molecule has 0 aromatic heterocycles. The van der Waals surface area contributed by atoms with Crippen LogP contribution in [0, 0.1) is 11.3 Å². The fraction of sp³-hybridized carbons (Fsp3) is 0.909. The lowest BCUT2D eigenvalue weighted by atomic mass is 9.88. The van der Waals surface area contributed by atoms with Crippen LogP contribution in [-0.2, 0) is 9.53 Å². The van der Waals surface area contributed by atoms with E-state index in [0.29, 0.717) is 6.54 Å². The quantitative estimate of drug-likeness (QED) is 0.677. The second kappa shape index (κ2) is 5.47. The zero-order valence-electron chi connectivity index (χ0n) is 9.71. The maximum absolute atomic E-state index is 11.6. The highest BCUT2D eigenvalue weighted by atomic mass is 16.5. The number of nitrogens with one attached hydrogen (secondary N) is 1. The van der Waals surface area contributed by atoms with E-state index < -0.39 is 0 Å². The summed E-state index contributed by atoms with van der Waals surface area (Å²) in [7, 11) is 0. The molecule has 1 unspecified atom stereocenters. The highest BCUT2D eigenvalue weighted by molar-refractivity contribution is 5.78. The van der Waals surface area contributed by atoms with E-state index in [0.717, 1.165) is 32.6 Å². The van der Waals surface area contributed by atoms with Crippen molar-refractivity contribution in [2.45, 2.75) is 26.7 Å². The number of rotatable bonds is 6. The fourth-order valence-corrected chi connectivity index (χ4v) is 1.58. The third-order valence-corrected chi connectivity index (χ3v) is 2.88. The summed E-state index contributed by atoms with van der Waals surface area (Å²) < 4.78 is 5.13. The van der Waals surface area contributed by atoms with Crippen molar-refractivity contribution in [3.05, 3.63) is 0 Å². The van der Waals surface area contributed by atoms with Gasteiger partial charge in [0.2, 0.25) is 5.91 Å². The van der Waals surface area contributed by atoms with Crippen LogP contribution < -0.4 is 11.1 Å². The molecule has 0 aromatic carbocycles. The third kappa shape index (κ3) is 3.80. The lowest BCUT2D eigenvalue weighted by Crippen LogP contribution is -2.49. The summed E-state index contributed by atoms with van der Waals surface area (Å²) in [5, 5.41) is 2.97. The van der Waals surface area contributed by atoms with Crippen LogP contribution in [0.1, 0.15) is 26.7 Å². The number of amides is 1. The first-order valence-electron chi connectivity index (χ1n) is 5.63. The van der Waals surface area contributed by atoms with E-state index in [1.54, 1.807) is 0 Å². The number of ether oxygens (including phenoxy) is 1. The number of nitrogens with two attached hydrogens (primary N) is 1. The Balaban J connectivity index is 2.17. The highest BCUT2D eigenvalue weighted by Crippen LogP contribution is 2.25. The van der Waals surface area contributed by atoms with Crippen LogP contribution in [0.2, 0.25) is 0 Å². The van der Waals surface area contributed by atoms with E-state index in [4.69, 9.17) is 10.5 Å². The topological polar surface area (TPSA) is 64.4 Å². The molecule has 1 amide bonds. The summed E-state index contributed by atoms with van der Waals surface area (Å²) in [4.78, 5) is 11.6. The van der Waals surface area contributed by atoms with Crippen molar-refractivity contribution in [2.24, 2.45) is 17.1 Å². The first-order chi connectivity index (χ1) is 7.07. The first kappa shape index (κ1) is 12.5. The van der Waals surface area contributed by atoms with Gasteiger partial charge in [0.05, 0.1) is 13.2 Å². The minimum absolute atomic E-state index is 0.0677. The molecule has 0 spiro atoms. The number of hydrogen-bond acceptors (Lipinski definition) is 3. The summed E-state index contributed by atoms with van der Waals surface area (Å²) in [6, 6.07) is 0. The predicted octanol–water partition coefficient (Wildman–Crippen LogP) is 0.514. The lowest BCUT2D eigenvalue weighted by Gasteiger charge is -2.38. The van der Waals surface area contributed by atoms with Gasteiger partial charge < -0.3 is 15.8 Å². The largest absolute Gasteiger partial charge is 0.380 e. The number of hydrogen-bond donors (Lipinski definition) is 2. The Morgan fingerprint density at radius 1 is 1.60 bits per heavy atom. The van der Waals surface area contributed by atoms with Gasteiger partial charge in [-0.3, -0.25) is 4.79 Å². The Morgan fingerprint density at radius 3 is 2.73 bits per heavy atom. The van der Waals surface area contributed by atoms with Crippen LogP contribution in [0.15, 0.2) is 0 Å². The van der Waals surface area contributed by atoms with E-state index in [1.807, 2.05) is 6.92 Å². The normalized spacial score (nSPS) is 20.5. The molecule has 1 heterocycles. The molecule has 4 heteroatoms. The summed E-state index contributed by atoms with van der Waals surface area (Å²) >= 11 is 0. The lowest BCUT2D eigenvalue weighted by molar-refractivity contribution is -0.130. The molecule has 0 aliphatic carbocycles. The molecular formula is C11H22N2O2. The molecule has 1 fully saturated rings. The molecule has 3 N–H and O–H groups in total. The van der Waals surface area contributed by atoms with Crippen molar-refractivity contribution in [3.8, 4) is 0 Å². The molecule has 1 atom stereocenters. The third-order valence-electron chi connectivity index (χ3n) is 2.88. The van der Waals surface area contributed by atoms with Crippen LogP contribution in [0.3, 0.4) is 0 Å². The SMILES string of the molecule is CC(CCCN)C(=O)NCC1(C)COC1. The molecule has 4 nitrogen and oxygen atoms in total. The molecule has 1 aliphatic heterocycles. The van der Waals surface area contributed by atoms with Crippen LogP contribution in [-0.4, -0.2) is 32.2 Å². The van der Waals surface area contributed by atoms with Gasteiger partial charge in [0, 0.05) is 17.9 Å². The van der Waals surface area contributed by atoms with Crippen molar-refractivity contribution < 1.29 is 9.53 Å². The average Bonchev–Trinajstić information content (AvgIpc) is 2.19. The molecule has 15 heavy (non-hydrogen) atoms. The van der Waals surface area contributed by atoms with Gasteiger partial charge in [-0.2, -0.15) is 0 Å². The van der Waals surface area contributed by atoms with Gasteiger partial charge in [-0.25, -0.2) is 0 Å². The summed E-state index contributed by atoms with van der Waals surface area (Å²) in [6.45, 7) is 6.96. The van der Waals surface area contributed by atoms with Gasteiger partial charge in [-0.15, -0.1) is 0 Å². The summed E-state index contributed by atoms with van der Waals surface area (Å²) in [5.41, 5.74) is 5.56. The van der Waals surface area contributed by atoms with Crippen molar-refractivity contribution in [2.75, 3.05) is 26.3 Å². The monoisotopic (exact) mass is 214 g/mol. The smallest absolute Gasteiger partial charge is 0.222 e. The summed E-state index contributed by atoms with van der Waals surface area (Å²) in [5.74, 6) is 0.203. The Kier molecular flexibility index (Phi) is 4.54. The van der Waals surface area contributed by atoms with Gasteiger partial charge >= 0.3 is 0 Å². The van der Waals surface area contributed by atoms with E-state index in [-0.39, 0.29) is 17.2 Å².